The number of benzene rings is 2. The lowest BCUT2D eigenvalue weighted by atomic mass is 10.1. The van der Waals surface area contributed by atoms with Gasteiger partial charge in [-0.3, -0.25) is 9.59 Å². The minimum Gasteiger partial charge on any atom is -0.496 e. The van der Waals surface area contributed by atoms with Crippen molar-refractivity contribution < 1.29 is 23.8 Å². The number of nitrogens with zero attached hydrogens (tertiary/aromatic N) is 1. The number of carbonyl (C=O) groups is 2. The van der Waals surface area contributed by atoms with Gasteiger partial charge in [0.05, 0.1) is 14.2 Å². The molecular weight excluding hydrogens is 479 g/mol. The first-order valence-electron chi connectivity index (χ1n) is 10.9. The molecule has 0 fully saturated rings. The molecule has 0 aliphatic rings. The molecule has 0 aromatic heterocycles. The molecule has 0 bridgehead atoms. The standard InChI is InChI=1S/C25H32Cl2N2O5/c1-7-22(24(31)28-25(2,3)4)29(14-16-8-9-17(26)10-21(16)27)23(30)15-34-20-12-18(32-5)11-19(13-20)33-6/h8-13,22H,7,14-15H2,1-6H3,(H,28,31)/t22-/m0/s1. The molecule has 0 aliphatic heterocycles. The van der Waals surface area contributed by atoms with Crippen LogP contribution in [0.15, 0.2) is 36.4 Å². The first-order valence-corrected chi connectivity index (χ1v) is 11.6. The van der Waals surface area contributed by atoms with E-state index in [4.69, 9.17) is 37.4 Å². The molecule has 7 nitrogen and oxygen atoms in total. The van der Waals surface area contributed by atoms with Crippen LogP contribution >= 0.6 is 23.2 Å². The van der Waals surface area contributed by atoms with E-state index in [-0.39, 0.29) is 25.0 Å². The van der Waals surface area contributed by atoms with Gasteiger partial charge in [0.25, 0.3) is 5.91 Å². The van der Waals surface area contributed by atoms with Crippen LogP contribution in [0.4, 0.5) is 0 Å². The van der Waals surface area contributed by atoms with Crippen LogP contribution in [0.5, 0.6) is 17.2 Å². The minimum absolute atomic E-state index is 0.121. The van der Waals surface area contributed by atoms with Gasteiger partial charge >= 0.3 is 0 Å². The zero-order chi connectivity index (χ0) is 25.5. The van der Waals surface area contributed by atoms with Gasteiger partial charge in [-0.15, -0.1) is 0 Å². The van der Waals surface area contributed by atoms with E-state index in [1.54, 1.807) is 36.4 Å². The summed E-state index contributed by atoms with van der Waals surface area (Å²) in [7, 11) is 3.06. The van der Waals surface area contributed by atoms with Crippen LogP contribution in [0.2, 0.25) is 10.0 Å². The van der Waals surface area contributed by atoms with E-state index >= 15 is 0 Å². The maximum absolute atomic E-state index is 13.4. The predicted octanol–water partition coefficient (Wildman–Crippen LogP) is 5.11. The Hall–Kier alpha value is -2.64. The third-order valence-corrected chi connectivity index (χ3v) is 5.51. The van der Waals surface area contributed by atoms with Crippen LogP contribution in [0.25, 0.3) is 0 Å². The monoisotopic (exact) mass is 510 g/mol. The van der Waals surface area contributed by atoms with E-state index in [2.05, 4.69) is 5.32 Å². The smallest absolute Gasteiger partial charge is 0.261 e. The molecule has 1 atom stereocenters. The minimum atomic E-state index is -0.720. The molecule has 0 unspecified atom stereocenters. The molecule has 9 heteroatoms. The number of amides is 2. The van der Waals surface area contributed by atoms with E-state index in [9.17, 15) is 9.59 Å². The predicted molar refractivity (Wildman–Crippen MR) is 134 cm³/mol. The number of hydrogen-bond acceptors (Lipinski definition) is 5. The molecule has 0 radical (unpaired) electrons. The highest BCUT2D eigenvalue weighted by atomic mass is 35.5. The maximum Gasteiger partial charge on any atom is 0.261 e. The highest BCUT2D eigenvalue weighted by Gasteiger charge is 2.31. The van der Waals surface area contributed by atoms with Crippen LogP contribution in [-0.4, -0.2) is 49.1 Å². The van der Waals surface area contributed by atoms with Crippen LogP contribution < -0.4 is 19.5 Å². The summed E-state index contributed by atoms with van der Waals surface area (Å²) in [6.45, 7) is 7.35. The number of rotatable bonds is 10. The molecule has 2 amide bonds. The molecule has 0 heterocycles. The van der Waals surface area contributed by atoms with E-state index in [1.165, 1.54) is 19.1 Å². The van der Waals surface area contributed by atoms with Gasteiger partial charge < -0.3 is 24.4 Å². The summed E-state index contributed by atoms with van der Waals surface area (Å²) in [4.78, 5) is 27.9. The van der Waals surface area contributed by atoms with E-state index in [0.717, 1.165) is 0 Å². The van der Waals surface area contributed by atoms with Gasteiger partial charge in [-0.1, -0.05) is 36.2 Å². The molecular formula is C25H32Cl2N2O5. The normalized spacial score (nSPS) is 12.0. The molecule has 2 aromatic carbocycles. The van der Waals surface area contributed by atoms with Gasteiger partial charge in [-0.25, -0.2) is 0 Å². The van der Waals surface area contributed by atoms with Crippen molar-refractivity contribution in [3.05, 3.63) is 52.0 Å². The summed E-state index contributed by atoms with van der Waals surface area (Å²) in [5.74, 6) is 0.839. The molecule has 186 valence electrons. The zero-order valence-corrected chi connectivity index (χ0v) is 21.9. The Bertz CT molecular complexity index is 985. The second-order valence-electron chi connectivity index (χ2n) is 8.76. The van der Waals surface area contributed by atoms with Crippen molar-refractivity contribution in [2.75, 3.05) is 20.8 Å². The Labute approximate surface area is 211 Å². The van der Waals surface area contributed by atoms with Crippen LogP contribution in [0.1, 0.15) is 39.7 Å². The van der Waals surface area contributed by atoms with Gasteiger partial charge in [-0.2, -0.15) is 0 Å². The SMILES string of the molecule is CC[C@@H](C(=O)NC(C)(C)C)N(Cc1ccc(Cl)cc1Cl)C(=O)COc1cc(OC)cc(OC)c1. The lowest BCUT2D eigenvalue weighted by Gasteiger charge is -2.33. The van der Waals surface area contributed by atoms with Gasteiger partial charge in [0.15, 0.2) is 6.61 Å². The molecule has 2 rings (SSSR count). The summed E-state index contributed by atoms with van der Waals surface area (Å²) in [6, 6.07) is 9.33. The Morgan fingerprint density at radius 1 is 1.00 bits per heavy atom. The van der Waals surface area contributed by atoms with Crippen molar-refractivity contribution >= 4 is 35.0 Å². The number of methoxy groups -OCH3 is 2. The fourth-order valence-electron chi connectivity index (χ4n) is 3.30. The second kappa shape index (κ2) is 12.2. The molecule has 2 aromatic rings. The average Bonchev–Trinajstić information content (AvgIpc) is 2.77. The van der Waals surface area contributed by atoms with Gasteiger partial charge in [0, 0.05) is 40.3 Å². The first kappa shape index (κ1) is 27.6. The van der Waals surface area contributed by atoms with Crippen molar-refractivity contribution in [3.8, 4) is 17.2 Å². The van der Waals surface area contributed by atoms with Crippen molar-refractivity contribution in [3.63, 3.8) is 0 Å². The first-order chi connectivity index (χ1) is 16.0. The molecule has 1 N–H and O–H groups in total. The van der Waals surface area contributed by atoms with E-state index in [1.807, 2.05) is 27.7 Å². The van der Waals surface area contributed by atoms with E-state index < -0.39 is 11.6 Å². The fraction of sp³-hybridized carbons (Fsp3) is 0.440. The summed E-state index contributed by atoms with van der Waals surface area (Å²) < 4.78 is 16.3. The zero-order valence-electron chi connectivity index (χ0n) is 20.4. The Morgan fingerprint density at radius 2 is 1.59 bits per heavy atom. The maximum atomic E-state index is 13.4. The highest BCUT2D eigenvalue weighted by Crippen LogP contribution is 2.28. The summed E-state index contributed by atoms with van der Waals surface area (Å²) in [6.07, 6.45) is 0.409. The largest absolute Gasteiger partial charge is 0.496 e. The number of hydrogen-bond donors (Lipinski definition) is 1. The summed E-state index contributed by atoms with van der Waals surface area (Å²) in [5.41, 5.74) is 0.217. The average molecular weight is 511 g/mol. The van der Waals surface area contributed by atoms with Crippen molar-refractivity contribution in [1.82, 2.24) is 10.2 Å². The lowest BCUT2D eigenvalue weighted by Crippen LogP contribution is -2.54. The fourth-order valence-corrected chi connectivity index (χ4v) is 3.77. The van der Waals surface area contributed by atoms with Crippen molar-refractivity contribution in [2.24, 2.45) is 0 Å². The summed E-state index contributed by atoms with van der Waals surface area (Å²) >= 11 is 12.4. The number of halogens is 2. The Morgan fingerprint density at radius 3 is 2.09 bits per heavy atom. The van der Waals surface area contributed by atoms with Crippen LogP contribution in [0.3, 0.4) is 0 Å². The quantitative estimate of drug-likeness (QED) is 0.480. The Kier molecular flexibility index (Phi) is 9.89. The number of ether oxygens (including phenoxy) is 3. The van der Waals surface area contributed by atoms with Crippen molar-refractivity contribution in [1.29, 1.82) is 0 Å². The third-order valence-electron chi connectivity index (χ3n) is 4.93. The number of carbonyl (C=O) groups excluding carboxylic acids is 2. The van der Waals surface area contributed by atoms with Crippen molar-refractivity contribution in [2.45, 2.75) is 52.2 Å². The lowest BCUT2D eigenvalue weighted by molar-refractivity contribution is -0.143. The molecule has 0 spiro atoms. The van der Waals surface area contributed by atoms with Gasteiger partial charge in [-0.05, 0) is 44.9 Å². The third kappa shape index (κ3) is 7.99. The molecule has 34 heavy (non-hydrogen) atoms. The summed E-state index contributed by atoms with van der Waals surface area (Å²) in [5, 5.41) is 3.86. The van der Waals surface area contributed by atoms with Crippen LogP contribution in [-0.2, 0) is 16.1 Å². The van der Waals surface area contributed by atoms with Gasteiger partial charge in [0.1, 0.15) is 23.3 Å². The molecule has 0 saturated carbocycles. The molecule has 0 aliphatic carbocycles. The number of nitrogens with one attached hydrogen (secondary N) is 1. The highest BCUT2D eigenvalue weighted by molar-refractivity contribution is 6.35. The molecule has 0 saturated heterocycles. The second-order valence-corrected chi connectivity index (χ2v) is 9.60. The Balaban J connectivity index is 2.31. The van der Waals surface area contributed by atoms with Gasteiger partial charge in [0.2, 0.25) is 5.91 Å². The van der Waals surface area contributed by atoms with E-state index in [0.29, 0.717) is 39.3 Å². The van der Waals surface area contributed by atoms with Crippen LogP contribution in [0, 0.1) is 0 Å². The topological polar surface area (TPSA) is 77.1 Å².